The molecule has 2 heterocycles. The van der Waals surface area contributed by atoms with Gasteiger partial charge >= 0.3 is 0 Å². The van der Waals surface area contributed by atoms with E-state index >= 15 is 0 Å². The summed E-state index contributed by atoms with van der Waals surface area (Å²) in [7, 11) is 0. The van der Waals surface area contributed by atoms with Gasteiger partial charge in [0.05, 0.1) is 18.2 Å². The Morgan fingerprint density at radius 3 is 2.34 bits per heavy atom. The maximum absolute atomic E-state index is 10.4. The van der Waals surface area contributed by atoms with Crippen LogP contribution in [-0.2, 0) is 4.74 Å². The molecule has 2 aromatic carbocycles. The molecule has 11 nitrogen and oxygen atoms in total. The molecule has 0 saturated carbocycles. The van der Waals surface area contributed by atoms with Gasteiger partial charge < -0.3 is 55.1 Å². The smallest absolute Gasteiger partial charge is 0.270 e. The Kier molecular flexibility index (Phi) is 5.75. The minimum atomic E-state index is -1.65. The molecule has 4 rings (SSSR count). The standard InChI is InChI=1S/C21H22O11/c22-7-16-17(27)18(28)19(29)21(32-16)31-14-2-1-8(3-12(14)25)20-13(26)6-10-11(24)4-9(23)5-15(10)30-20/h1-6,16-29H,7H2/p+1/t16-,17+,18-,19-,20?,21+/m1/s1. The van der Waals surface area contributed by atoms with Gasteiger partial charge in [0.2, 0.25) is 6.29 Å². The number of ether oxygens (including phenoxy) is 3. The number of fused-ring (bicyclic) bond motifs is 1. The molecule has 0 spiro atoms. The van der Waals surface area contributed by atoms with Crippen molar-refractivity contribution in [2.75, 3.05) is 6.61 Å². The van der Waals surface area contributed by atoms with Crippen LogP contribution in [0.25, 0.3) is 6.08 Å². The van der Waals surface area contributed by atoms with Crippen LogP contribution in [0, 0.1) is 0 Å². The fourth-order valence-corrected chi connectivity index (χ4v) is 3.63. The Bertz CT molecular complexity index is 1030. The van der Waals surface area contributed by atoms with Crippen LogP contribution >= 0.6 is 0 Å². The summed E-state index contributed by atoms with van der Waals surface area (Å²) >= 11 is 0. The Hall–Kier alpha value is -3.22. The molecule has 1 saturated heterocycles. The molecular formula is C21H23O11+. The Labute approximate surface area is 181 Å². The number of aliphatic hydroxyl groups excluding tert-OH is 5. The summed E-state index contributed by atoms with van der Waals surface area (Å²) in [6.07, 6.45) is -7.11. The SMILES string of the molecule is OC[C@H]1O[C@H](Oc2ccc(C3[OH+]c4cc(O)cc(O)c4C=C3O)cc2O)[C@H](O)[C@H](O)[C@H]1O. The summed E-state index contributed by atoms with van der Waals surface area (Å²) in [5.74, 6) is -0.948. The van der Waals surface area contributed by atoms with E-state index < -0.39 is 49.2 Å². The monoisotopic (exact) mass is 451 g/mol. The van der Waals surface area contributed by atoms with Gasteiger partial charge in [0.25, 0.3) is 11.9 Å². The summed E-state index contributed by atoms with van der Waals surface area (Å²) in [5.41, 5.74) is 0.592. The molecule has 0 radical (unpaired) electrons. The zero-order chi connectivity index (χ0) is 23.2. The second kappa shape index (κ2) is 8.37. The maximum atomic E-state index is 10.4. The van der Waals surface area contributed by atoms with Crippen LogP contribution in [0.1, 0.15) is 17.2 Å². The third-order valence-electron chi connectivity index (χ3n) is 5.35. The third-order valence-corrected chi connectivity index (χ3v) is 5.35. The molecule has 2 aliphatic rings. The number of aliphatic hydroxyl groups is 6. The van der Waals surface area contributed by atoms with Crippen LogP contribution in [-0.4, -0.2) is 82.9 Å². The molecule has 1 unspecified atom stereocenters. The van der Waals surface area contributed by atoms with Crippen LogP contribution in [0.4, 0.5) is 0 Å². The first kappa shape index (κ1) is 22.0. The predicted octanol–water partition coefficient (Wildman–Crippen LogP) is -0.123. The topological polar surface area (TPSA) is 193 Å². The van der Waals surface area contributed by atoms with Crippen molar-refractivity contribution >= 4 is 6.08 Å². The van der Waals surface area contributed by atoms with Crippen molar-refractivity contribution in [3.8, 4) is 28.7 Å². The van der Waals surface area contributed by atoms with E-state index in [1.165, 1.54) is 30.3 Å². The summed E-state index contributed by atoms with van der Waals surface area (Å²) in [6, 6.07) is 6.50. The van der Waals surface area contributed by atoms with Crippen molar-refractivity contribution in [2.45, 2.75) is 36.8 Å². The summed E-state index contributed by atoms with van der Waals surface area (Å²) < 4.78 is 15.0. The lowest BCUT2D eigenvalue weighted by atomic mass is 9.99. The molecule has 11 heteroatoms. The van der Waals surface area contributed by atoms with E-state index in [2.05, 4.69) is 4.74 Å². The highest BCUT2D eigenvalue weighted by Gasteiger charge is 2.45. The second-order valence-corrected chi connectivity index (χ2v) is 7.54. The van der Waals surface area contributed by atoms with Crippen molar-refractivity contribution in [2.24, 2.45) is 0 Å². The molecule has 2 aliphatic heterocycles. The van der Waals surface area contributed by atoms with Gasteiger partial charge in [0.15, 0.2) is 17.3 Å². The summed E-state index contributed by atoms with van der Waals surface area (Å²) in [4.78, 5) is 0. The van der Waals surface area contributed by atoms with E-state index in [1.54, 1.807) is 0 Å². The van der Waals surface area contributed by atoms with Gasteiger partial charge in [-0.1, -0.05) is 0 Å². The van der Waals surface area contributed by atoms with Crippen molar-refractivity contribution in [1.29, 1.82) is 0 Å². The van der Waals surface area contributed by atoms with Crippen molar-refractivity contribution in [1.82, 2.24) is 0 Å². The third kappa shape index (κ3) is 3.87. The highest BCUT2D eigenvalue weighted by molar-refractivity contribution is 5.69. The molecule has 9 N–H and O–H groups in total. The fraction of sp³-hybridized carbons (Fsp3) is 0.333. The number of benzene rings is 2. The number of hydrogen-bond donors (Lipinski definition) is 8. The molecule has 2 aromatic rings. The highest BCUT2D eigenvalue weighted by Crippen LogP contribution is 2.44. The first-order chi connectivity index (χ1) is 15.2. The minimum absolute atomic E-state index is 0.131. The van der Waals surface area contributed by atoms with Gasteiger partial charge in [-0.25, -0.2) is 0 Å². The van der Waals surface area contributed by atoms with Crippen molar-refractivity contribution in [3.63, 3.8) is 0 Å². The van der Waals surface area contributed by atoms with Gasteiger partial charge in [0, 0.05) is 12.1 Å². The Balaban J connectivity index is 1.55. The van der Waals surface area contributed by atoms with E-state index in [0.29, 0.717) is 5.56 Å². The average molecular weight is 451 g/mol. The second-order valence-electron chi connectivity index (χ2n) is 7.54. The molecular weight excluding hydrogens is 428 g/mol. The van der Waals surface area contributed by atoms with Gasteiger partial charge in [-0.05, 0) is 18.2 Å². The van der Waals surface area contributed by atoms with E-state index in [-0.39, 0.29) is 34.3 Å². The lowest BCUT2D eigenvalue weighted by molar-refractivity contribution is -0.277. The lowest BCUT2D eigenvalue weighted by Crippen LogP contribution is -2.60. The number of aromatic hydroxyl groups is 4. The molecule has 1 fully saturated rings. The molecule has 0 aliphatic carbocycles. The molecule has 172 valence electrons. The van der Waals surface area contributed by atoms with Crippen molar-refractivity contribution < 1.29 is 55.1 Å². The average Bonchev–Trinajstić information content (AvgIpc) is 2.75. The first-order valence-electron chi connectivity index (χ1n) is 9.67. The zero-order valence-corrected chi connectivity index (χ0v) is 16.5. The number of rotatable bonds is 4. The zero-order valence-electron chi connectivity index (χ0n) is 16.5. The van der Waals surface area contributed by atoms with Crippen LogP contribution in [0.3, 0.4) is 0 Å². The normalized spacial score (nSPS) is 29.6. The van der Waals surface area contributed by atoms with E-state index in [4.69, 9.17) is 9.47 Å². The first-order valence-corrected chi connectivity index (χ1v) is 9.67. The van der Waals surface area contributed by atoms with Gasteiger partial charge in [-0.2, -0.15) is 0 Å². The van der Waals surface area contributed by atoms with Crippen molar-refractivity contribution in [3.05, 3.63) is 47.2 Å². The largest absolute Gasteiger partial charge is 0.571 e. The van der Waals surface area contributed by atoms with E-state index in [0.717, 1.165) is 6.07 Å². The fourth-order valence-electron chi connectivity index (χ4n) is 3.63. The number of phenols is 3. The van der Waals surface area contributed by atoms with Crippen LogP contribution in [0.5, 0.6) is 28.7 Å². The quantitative estimate of drug-likeness (QED) is 0.290. The highest BCUT2D eigenvalue weighted by atomic mass is 16.7. The molecule has 0 aromatic heterocycles. The number of phenolic OH excluding ortho intramolecular Hbond substituents is 3. The predicted molar refractivity (Wildman–Crippen MR) is 107 cm³/mol. The van der Waals surface area contributed by atoms with E-state index in [1.807, 2.05) is 0 Å². The Morgan fingerprint density at radius 1 is 0.906 bits per heavy atom. The molecule has 6 atom stereocenters. The van der Waals surface area contributed by atoms with Gasteiger partial charge in [0.1, 0.15) is 41.5 Å². The van der Waals surface area contributed by atoms with E-state index in [9.17, 15) is 40.9 Å². The van der Waals surface area contributed by atoms with Gasteiger partial charge in [-0.3, -0.25) is 0 Å². The Morgan fingerprint density at radius 2 is 1.66 bits per heavy atom. The van der Waals surface area contributed by atoms with Crippen LogP contribution in [0.15, 0.2) is 36.1 Å². The minimum Gasteiger partial charge on any atom is -0.571 e. The van der Waals surface area contributed by atoms with Crippen LogP contribution in [0.2, 0.25) is 0 Å². The number of hydrogen-bond acceptors (Lipinski definition) is 10. The summed E-state index contributed by atoms with van der Waals surface area (Å²) in [5, 5.41) is 79.4. The molecule has 32 heavy (non-hydrogen) atoms. The maximum Gasteiger partial charge on any atom is 0.270 e. The lowest BCUT2D eigenvalue weighted by Gasteiger charge is -2.39. The van der Waals surface area contributed by atoms with Gasteiger partial charge in [-0.15, -0.1) is 0 Å². The van der Waals surface area contributed by atoms with Crippen LogP contribution < -0.4 is 4.74 Å². The molecule has 0 amide bonds. The summed E-state index contributed by atoms with van der Waals surface area (Å²) in [6.45, 7) is -0.628. The molecule has 0 bridgehead atoms.